The molecule has 0 bridgehead atoms. The van der Waals surface area contributed by atoms with Gasteiger partial charge in [-0.3, -0.25) is 0 Å². The summed E-state index contributed by atoms with van der Waals surface area (Å²) in [4.78, 5) is 18.5. The molecule has 8 aromatic rings. The average molecular weight is 731 g/mol. The third-order valence-electron chi connectivity index (χ3n) is 7.79. The van der Waals surface area contributed by atoms with E-state index in [4.69, 9.17) is 32.6 Å². The third-order valence-corrected chi connectivity index (χ3v) is 8.30. The first-order valence-corrected chi connectivity index (χ1v) is 16.5. The highest BCUT2D eigenvalue weighted by Gasteiger charge is 2.22. The van der Waals surface area contributed by atoms with Crippen LogP contribution in [0.3, 0.4) is 0 Å². The van der Waals surface area contributed by atoms with Crippen LogP contribution in [-0.2, 0) is 0 Å². The fraction of sp³-hybridized carbons (Fsp3) is 0. The minimum Gasteiger partial charge on any atom is -0.435 e. The lowest BCUT2D eigenvalue weighted by Crippen LogP contribution is -2.05. The first kappa shape index (κ1) is 32.7. The smallest absolute Gasteiger partial charge is 0.232 e. The molecule has 52 heavy (non-hydrogen) atoms. The second-order valence-corrected chi connectivity index (χ2v) is 12.2. The highest BCUT2D eigenvalue weighted by molar-refractivity contribution is 6.31. The molecule has 2 N–H and O–H groups in total. The number of nitrogens with zero attached hydrogens (tertiary/aromatic N) is 7. The van der Waals surface area contributed by atoms with Crippen LogP contribution in [-0.4, -0.2) is 34.9 Å². The number of hydrogen-bond acceptors (Lipinski definition) is 9. The van der Waals surface area contributed by atoms with Crippen molar-refractivity contribution in [3.05, 3.63) is 149 Å². The van der Waals surface area contributed by atoms with Gasteiger partial charge in [0.05, 0.1) is 17.4 Å². The van der Waals surface area contributed by atoms with E-state index in [2.05, 4.69) is 35.9 Å². The second-order valence-electron chi connectivity index (χ2n) is 11.3. The molecule has 0 aliphatic heterocycles. The highest BCUT2D eigenvalue weighted by Crippen LogP contribution is 2.38. The standard InChI is InChI=1S/C38H23Cl2F2N9O/c39-24-9-5-22(6-10-24)33-34(23-7-11-25(40)12-8-23)52-36(45-33)30-3-1-2-4-32(30)51-21-31(49-50-51)35-46-37(43-28-17-13-26(41)14-18-28)48-38(47-35)44-29-19-15-27(42)16-20-29/h1-21H,(H2,43,44,46,47,48). The molecule has 8 rings (SSSR count). The zero-order valence-corrected chi connectivity index (χ0v) is 28.2. The highest BCUT2D eigenvalue weighted by atomic mass is 35.5. The Morgan fingerprint density at radius 2 is 1.15 bits per heavy atom. The Kier molecular flexibility index (Phi) is 8.81. The van der Waals surface area contributed by atoms with Gasteiger partial charge in [0.2, 0.25) is 17.8 Å². The number of benzene rings is 5. The normalized spacial score (nSPS) is 11.1. The summed E-state index contributed by atoms with van der Waals surface area (Å²) in [6, 6.07) is 33.6. The van der Waals surface area contributed by atoms with Gasteiger partial charge >= 0.3 is 0 Å². The summed E-state index contributed by atoms with van der Waals surface area (Å²) in [5.74, 6) is 0.615. The third kappa shape index (κ3) is 7.06. The maximum Gasteiger partial charge on any atom is 0.232 e. The summed E-state index contributed by atoms with van der Waals surface area (Å²) < 4.78 is 35.2. The van der Waals surface area contributed by atoms with Gasteiger partial charge in [-0.25, -0.2) is 18.4 Å². The Hall–Kier alpha value is -6.50. The van der Waals surface area contributed by atoms with Crippen molar-refractivity contribution in [2.45, 2.75) is 0 Å². The molecule has 0 aliphatic carbocycles. The van der Waals surface area contributed by atoms with E-state index in [1.165, 1.54) is 24.3 Å². The van der Waals surface area contributed by atoms with E-state index in [0.29, 0.717) is 55.7 Å². The van der Waals surface area contributed by atoms with E-state index in [1.807, 2.05) is 48.5 Å². The SMILES string of the molecule is Fc1ccc(Nc2nc(Nc3ccc(F)cc3)nc(-c3cn(-c4ccccc4-c4nc(-c5ccc(Cl)cc5)c(-c5ccc(Cl)cc5)o4)nn3)n2)cc1. The molecule has 0 aliphatic rings. The molecule has 10 nitrogen and oxygen atoms in total. The monoisotopic (exact) mass is 729 g/mol. The fourth-order valence-electron chi connectivity index (χ4n) is 5.30. The van der Waals surface area contributed by atoms with Crippen LogP contribution in [0.15, 0.2) is 132 Å². The number of anilines is 4. The lowest BCUT2D eigenvalue weighted by atomic mass is 10.1. The van der Waals surface area contributed by atoms with E-state index in [9.17, 15) is 8.78 Å². The molecule has 0 unspecified atom stereocenters. The molecule has 254 valence electrons. The number of rotatable bonds is 9. The lowest BCUT2D eigenvalue weighted by Gasteiger charge is -2.10. The van der Waals surface area contributed by atoms with Gasteiger partial charge in [0.25, 0.3) is 0 Å². The van der Waals surface area contributed by atoms with Crippen molar-refractivity contribution in [1.82, 2.24) is 34.9 Å². The molecule has 0 saturated heterocycles. The summed E-state index contributed by atoms with van der Waals surface area (Å²) in [6.07, 6.45) is 1.67. The van der Waals surface area contributed by atoms with Gasteiger partial charge in [-0.1, -0.05) is 52.7 Å². The number of halogens is 4. The number of aromatic nitrogens is 7. The predicted octanol–water partition coefficient (Wildman–Crippen LogP) is 10.2. The van der Waals surface area contributed by atoms with Gasteiger partial charge in [0.1, 0.15) is 17.3 Å². The van der Waals surface area contributed by atoms with Crippen molar-refractivity contribution in [3.63, 3.8) is 0 Å². The van der Waals surface area contributed by atoms with Crippen molar-refractivity contribution in [2.24, 2.45) is 0 Å². The van der Waals surface area contributed by atoms with Crippen molar-refractivity contribution < 1.29 is 13.2 Å². The van der Waals surface area contributed by atoms with Crippen LogP contribution in [0.1, 0.15) is 0 Å². The minimum absolute atomic E-state index is 0.153. The van der Waals surface area contributed by atoms with Crippen LogP contribution in [0.25, 0.3) is 51.2 Å². The number of para-hydroxylation sites is 1. The summed E-state index contributed by atoms with van der Waals surface area (Å²) in [6.45, 7) is 0. The van der Waals surface area contributed by atoms with Crippen molar-refractivity contribution in [3.8, 4) is 51.2 Å². The van der Waals surface area contributed by atoms with E-state index >= 15 is 0 Å². The summed E-state index contributed by atoms with van der Waals surface area (Å²) >= 11 is 12.4. The molecule has 5 aromatic carbocycles. The van der Waals surface area contributed by atoms with E-state index < -0.39 is 0 Å². The molecule has 0 atom stereocenters. The van der Waals surface area contributed by atoms with Crippen LogP contribution < -0.4 is 10.6 Å². The molecule has 3 heterocycles. The number of oxazole rings is 1. The summed E-state index contributed by atoms with van der Waals surface area (Å²) in [5, 5.41) is 16.1. The molecular weight excluding hydrogens is 707 g/mol. The van der Waals surface area contributed by atoms with Crippen molar-refractivity contribution >= 4 is 46.5 Å². The lowest BCUT2D eigenvalue weighted by molar-refractivity contribution is 0.588. The Bertz CT molecular complexity index is 2380. The van der Waals surface area contributed by atoms with E-state index in [-0.39, 0.29) is 29.4 Å². The maximum atomic E-state index is 13.6. The summed E-state index contributed by atoms with van der Waals surface area (Å²) in [5.41, 5.74) is 4.90. The van der Waals surface area contributed by atoms with Crippen LogP contribution in [0.5, 0.6) is 0 Å². The number of nitrogens with one attached hydrogen (secondary N) is 2. The maximum absolute atomic E-state index is 13.6. The second kappa shape index (κ2) is 14.0. The van der Waals surface area contributed by atoms with Gasteiger partial charge in [-0.05, 0) is 97.1 Å². The van der Waals surface area contributed by atoms with Crippen LogP contribution in [0.4, 0.5) is 32.1 Å². The minimum atomic E-state index is -0.385. The Morgan fingerprint density at radius 1 is 0.596 bits per heavy atom. The van der Waals surface area contributed by atoms with Gasteiger partial charge in [0.15, 0.2) is 17.3 Å². The van der Waals surface area contributed by atoms with E-state index in [1.54, 1.807) is 59.4 Å². The molecule has 14 heteroatoms. The summed E-state index contributed by atoms with van der Waals surface area (Å²) in [7, 11) is 0. The Balaban J connectivity index is 1.18. The van der Waals surface area contributed by atoms with Crippen LogP contribution in [0.2, 0.25) is 10.0 Å². The first-order chi connectivity index (χ1) is 25.3. The van der Waals surface area contributed by atoms with E-state index in [0.717, 1.165) is 11.1 Å². The Morgan fingerprint density at radius 3 is 1.75 bits per heavy atom. The molecule has 0 radical (unpaired) electrons. The van der Waals surface area contributed by atoms with Gasteiger partial charge in [-0.15, -0.1) is 5.10 Å². The molecule has 3 aromatic heterocycles. The van der Waals surface area contributed by atoms with Crippen LogP contribution >= 0.6 is 23.2 Å². The topological polar surface area (TPSA) is 119 Å². The molecule has 0 amide bonds. The van der Waals surface area contributed by atoms with Crippen molar-refractivity contribution in [2.75, 3.05) is 10.6 Å². The largest absolute Gasteiger partial charge is 0.435 e. The molecule has 0 spiro atoms. The molecule has 0 saturated carbocycles. The Labute approximate surface area is 304 Å². The zero-order valence-electron chi connectivity index (χ0n) is 26.7. The van der Waals surface area contributed by atoms with Crippen molar-refractivity contribution in [1.29, 1.82) is 0 Å². The molecular formula is C38H23Cl2F2N9O. The molecule has 0 fully saturated rings. The predicted molar refractivity (Wildman–Crippen MR) is 196 cm³/mol. The quantitative estimate of drug-likeness (QED) is 0.150. The van der Waals surface area contributed by atoms with Gasteiger partial charge in [-0.2, -0.15) is 15.0 Å². The fourth-order valence-corrected chi connectivity index (χ4v) is 5.55. The zero-order chi connectivity index (χ0) is 35.6. The van der Waals surface area contributed by atoms with Gasteiger partial charge < -0.3 is 15.1 Å². The average Bonchev–Trinajstić information content (AvgIpc) is 3.83. The number of hydrogen-bond donors (Lipinski definition) is 2. The van der Waals surface area contributed by atoms with Crippen LogP contribution in [0, 0.1) is 11.6 Å². The van der Waals surface area contributed by atoms with Gasteiger partial charge in [0, 0.05) is 32.5 Å². The first-order valence-electron chi connectivity index (χ1n) is 15.7.